The van der Waals surface area contributed by atoms with Crippen molar-refractivity contribution >= 4 is 17.7 Å². The van der Waals surface area contributed by atoms with Crippen LogP contribution in [0.2, 0.25) is 0 Å². The number of rotatable bonds is 2. The summed E-state index contributed by atoms with van der Waals surface area (Å²) in [4.78, 5) is 38.7. The summed E-state index contributed by atoms with van der Waals surface area (Å²) in [5.74, 6) is -0.630. The molecule has 1 heterocycles. The van der Waals surface area contributed by atoms with Gasteiger partial charge in [-0.1, -0.05) is 13.8 Å². The number of carbonyl (C=O) groups excluding carboxylic acids is 3. The van der Waals surface area contributed by atoms with E-state index in [1.165, 1.54) is 6.92 Å². The molecule has 0 aromatic rings. The normalized spacial score (nSPS) is 20.2. The first-order chi connectivity index (χ1) is 8.86. The molecule has 0 aromatic heterocycles. The van der Waals surface area contributed by atoms with E-state index in [9.17, 15) is 14.4 Å². The number of nitrogens with zero attached hydrogens (tertiary/aromatic N) is 2. The summed E-state index contributed by atoms with van der Waals surface area (Å²) in [6.07, 6.45) is 0. The second kappa shape index (κ2) is 6.54. The van der Waals surface area contributed by atoms with Crippen molar-refractivity contribution in [3.63, 3.8) is 0 Å². The highest BCUT2D eigenvalue weighted by Gasteiger charge is 2.31. The smallest absolute Gasteiger partial charge is 0.226 e. The number of amides is 3. The van der Waals surface area contributed by atoms with Gasteiger partial charge in [-0.25, -0.2) is 0 Å². The predicted octanol–water partition coefficient (Wildman–Crippen LogP) is -0.305. The molecule has 19 heavy (non-hydrogen) atoms. The SMILES string of the molecule is CNC(=O)C1CN(C(C)=O)CCN(C(=O)C(C)C)C1. The molecule has 0 radical (unpaired) electrons. The molecule has 0 saturated carbocycles. The number of hydrogen-bond donors (Lipinski definition) is 1. The Morgan fingerprint density at radius 1 is 1.11 bits per heavy atom. The summed E-state index contributed by atoms with van der Waals surface area (Å²) in [7, 11) is 1.57. The maximum atomic E-state index is 12.1. The van der Waals surface area contributed by atoms with Crippen molar-refractivity contribution < 1.29 is 14.4 Å². The molecule has 0 bridgehead atoms. The molecule has 0 spiro atoms. The summed E-state index contributed by atoms with van der Waals surface area (Å²) >= 11 is 0. The molecular formula is C13H23N3O3. The van der Waals surface area contributed by atoms with Gasteiger partial charge in [-0.15, -0.1) is 0 Å². The van der Waals surface area contributed by atoms with E-state index in [1.807, 2.05) is 13.8 Å². The van der Waals surface area contributed by atoms with Gasteiger partial charge in [0.25, 0.3) is 0 Å². The lowest BCUT2D eigenvalue weighted by atomic mass is 10.1. The Labute approximate surface area is 114 Å². The van der Waals surface area contributed by atoms with Gasteiger partial charge in [-0.2, -0.15) is 0 Å². The van der Waals surface area contributed by atoms with Crippen LogP contribution in [-0.4, -0.2) is 60.7 Å². The van der Waals surface area contributed by atoms with E-state index >= 15 is 0 Å². The van der Waals surface area contributed by atoms with Crippen LogP contribution in [0.15, 0.2) is 0 Å². The van der Waals surface area contributed by atoms with Gasteiger partial charge >= 0.3 is 0 Å². The Balaban J connectivity index is 2.87. The maximum Gasteiger partial charge on any atom is 0.226 e. The van der Waals surface area contributed by atoms with E-state index < -0.39 is 0 Å². The Bertz CT molecular complexity index is 368. The van der Waals surface area contributed by atoms with Crippen LogP contribution < -0.4 is 5.32 Å². The zero-order valence-corrected chi connectivity index (χ0v) is 12.1. The van der Waals surface area contributed by atoms with Gasteiger partial charge in [0.05, 0.1) is 5.92 Å². The Kier molecular flexibility index (Phi) is 5.32. The highest BCUT2D eigenvalue weighted by atomic mass is 16.2. The summed E-state index contributed by atoms with van der Waals surface area (Å²) in [6.45, 7) is 6.89. The van der Waals surface area contributed by atoms with E-state index in [0.717, 1.165) is 0 Å². The van der Waals surface area contributed by atoms with Gasteiger partial charge in [0.15, 0.2) is 0 Å². The maximum absolute atomic E-state index is 12.1. The second-order valence-corrected chi connectivity index (χ2v) is 5.22. The van der Waals surface area contributed by atoms with Gasteiger partial charge in [0.1, 0.15) is 0 Å². The third-order valence-corrected chi connectivity index (χ3v) is 3.39. The molecular weight excluding hydrogens is 246 g/mol. The van der Waals surface area contributed by atoms with Gasteiger partial charge in [-0.3, -0.25) is 14.4 Å². The number of carbonyl (C=O) groups is 3. The van der Waals surface area contributed by atoms with Crippen molar-refractivity contribution in [2.75, 3.05) is 33.2 Å². The molecule has 6 heteroatoms. The molecule has 1 aliphatic heterocycles. The Morgan fingerprint density at radius 3 is 2.11 bits per heavy atom. The second-order valence-electron chi connectivity index (χ2n) is 5.22. The van der Waals surface area contributed by atoms with Crippen molar-refractivity contribution in [2.45, 2.75) is 20.8 Å². The molecule has 1 unspecified atom stereocenters. The van der Waals surface area contributed by atoms with E-state index in [2.05, 4.69) is 5.32 Å². The van der Waals surface area contributed by atoms with Crippen LogP contribution in [-0.2, 0) is 14.4 Å². The Morgan fingerprint density at radius 2 is 1.63 bits per heavy atom. The van der Waals surface area contributed by atoms with Gasteiger partial charge in [0.2, 0.25) is 17.7 Å². The fraction of sp³-hybridized carbons (Fsp3) is 0.769. The molecule has 1 atom stereocenters. The van der Waals surface area contributed by atoms with E-state index in [0.29, 0.717) is 26.2 Å². The van der Waals surface area contributed by atoms with Crippen molar-refractivity contribution in [1.82, 2.24) is 15.1 Å². The lowest BCUT2D eigenvalue weighted by Crippen LogP contribution is -2.43. The predicted molar refractivity (Wildman–Crippen MR) is 71.2 cm³/mol. The van der Waals surface area contributed by atoms with Crippen LogP contribution in [0.3, 0.4) is 0 Å². The van der Waals surface area contributed by atoms with Crippen molar-refractivity contribution in [2.24, 2.45) is 11.8 Å². The summed E-state index contributed by atoms with van der Waals surface area (Å²) in [5, 5.41) is 2.60. The van der Waals surface area contributed by atoms with Gasteiger partial charge < -0.3 is 15.1 Å². The number of nitrogens with one attached hydrogen (secondary N) is 1. The minimum Gasteiger partial charge on any atom is -0.359 e. The van der Waals surface area contributed by atoms with Crippen LogP contribution in [0.4, 0.5) is 0 Å². The molecule has 1 rings (SSSR count). The van der Waals surface area contributed by atoms with Crippen LogP contribution in [0.25, 0.3) is 0 Å². The fourth-order valence-corrected chi connectivity index (χ4v) is 2.24. The largest absolute Gasteiger partial charge is 0.359 e. The van der Waals surface area contributed by atoms with Crippen LogP contribution in [0.1, 0.15) is 20.8 Å². The van der Waals surface area contributed by atoms with E-state index in [-0.39, 0.29) is 29.6 Å². The third-order valence-electron chi connectivity index (χ3n) is 3.39. The van der Waals surface area contributed by atoms with Crippen molar-refractivity contribution in [3.05, 3.63) is 0 Å². The third kappa shape index (κ3) is 3.94. The molecule has 1 N–H and O–H groups in total. The monoisotopic (exact) mass is 269 g/mol. The highest BCUT2D eigenvalue weighted by molar-refractivity contribution is 5.83. The minimum atomic E-state index is -0.362. The van der Waals surface area contributed by atoms with Crippen molar-refractivity contribution in [3.8, 4) is 0 Å². The first kappa shape index (κ1) is 15.5. The molecule has 1 saturated heterocycles. The van der Waals surface area contributed by atoms with Gasteiger partial charge in [-0.05, 0) is 0 Å². The quantitative estimate of drug-likeness (QED) is 0.748. The van der Waals surface area contributed by atoms with Crippen molar-refractivity contribution in [1.29, 1.82) is 0 Å². The lowest BCUT2D eigenvalue weighted by Gasteiger charge is -2.24. The van der Waals surface area contributed by atoms with Crippen LogP contribution in [0.5, 0.6) is 0 Å². The summed E-state index contributed by atoms with van der Waals surface area (Å²) in [6, 6.07) is 0. The number of hydrogen-bond acceptors (Lipinski definition) is 3. The summed E-state index contributed by atoms with van der Waals surface area (Å²) < 4.78 is 0. The standard InChI is InChI=1S/C13H23N3O3/c1-9(2)13(19)16-6-5-15(10(3)17)7-11(8-16)12(18)14-4/h9,11H,5-8H2,1-4H3,(H,14,18). The summed E-state index contributed by atoms with van der Waals surface area (Å²) in [5.41, 5.74) is 0. The van der Waals surface area contributed by atoms with E-state index in [1.54, 1.807) is 16.8 Å². The zero-order valence-electron chi connectivity index (χ0n) is 12.1. The van der Waals surface area contributed by atoms with E-state index in [4.69, 9.17) is 0 Å². The Hall–Kier alpha value is -1.59. The molecule has 6 nitrogen and oxygen atoms in total. The molecule has 1 fully saturated rings. The average molecular weight is 269 g/mol. The molecule has 1 aliphatic rings. The molecule has 0 aromatic carbocycles. The fourth-order valence-electron chi connectivity index (χ4n) is 2.24. The first-order valence-electron chi connectivity index (χ1n) is 6.62. The minimum absolute atomic E-state index is 0.0271. The van der Waals surface area contributed by atoms with Gasteiger partial charge in [0, 0.05) is 46.1 Å². The van der Waals surface area contributed by atoms with Crippen LogP contribution >= 0.6 is 0 Å². The van der Waals surface area contributed by atoms with Crippen LogP contribution in [0, 0.1) is 11.8 Å². The molecule has 3 amide bonds. The molecule has 108 valence electrons. The molecule has 0 aliphatic carbocycles. The highest BCUT2D eigenvalue weighted by Crippen LogP contribution is 2.13. The first-order valence-corrected chi connectivity index (χ1v) is 6.62. The topological polar surface area (TPSA) is 69.7 Å². The average Bonchev–Trinajstić information content (AvgIpc) is 2.59. The zero-order chi connectivity index (χ0) is 14.6. The lowest BCUT2D eigenvalue weighted by molar-refractivity contribution is -0.135.